The van der Waals surface area contributed by atoms with E-state index in [1.54, 1.807) is 0 Å². The molecule has 0 aliphatic rings. The summed E-state index contributed by atoms with van der Waals surface area (Å²) in [6, 6.07) is 25.8. The lowest BCUT2D eigenvalue weighted by atomic mass is 10.1. The van der Waals surface area contributed by atoms with Crippen molar-refractivity contribution in [3.05, 3.63) is 78.9 Å². The van der Waals surface area contributed by atoms with Gasteiger partial charge in [0, 0.05) is 11.3 Å². The van der Waals surface area contributed by atoms with Gasteiger partial charge in [-0.2, -0.15) is 0 Å². The van der Waals surface area contributed by atoms with Crippen LogP contribution in [0.3, 0.4) is 0 Å². The highest BCUT2D eigenvalue weighted by atomic mass is 32.1. The monoisotopic (exact) mass is 344 g/mol. The maximum Gasteiger partial charge on any atom is 0.175 e. The van der Waals surface area contributed by atoms with Crippen LogP contribution in [-0.4, -0.2) is 15.1 Å². The zero-order valence-electron chi connectivity index (χ0n) is 13.4. The average molecular weight is 344 g/mol. The SMILES string of the molecule is S=C(Nc1ccccc1)Nc1ccccc1-c1nc2ccccc2[nH]1. The highest BCUT2D eigenvalue weighted by Gasteiger charge is 2.10. The molecule has 0 saturated heterocycles. The Morgan fingerprint density at radius 2 is 1.52 bits per heavy atom. The van der Waals surface area contributed by atoms with Crippen LogP contribution in [0, 0.1) is 0 Å². The highest BCUT2D eigenvalue weighted by molar-refractivity contribution is 7.80. The second-order valence-electron chi connectivity index (χ2n) is 5.59. The first kappa shape index (κ1) is 15.4. The van der Waals surface area contributed by atoms with Gasteiger partial charge in [-0.05, 0) is 48.6 Å². The molecule has 3 N–H and O–H groups in total. The van der Waals surface area contributed by atoms with Crippen LogP contribution in [-0.2, 0) is 0 Å². The number of nitrogens with zero attached hydrogens (tertiary/aromatic N) is 1. The average Bonchev–Trinajstić information content (AvgIpc) is 3.07. The number of rotatable bonds is 3. The van der Waals surface area contributed by atoms with Gasteiger partial charge in [0.2, 0.25) is 0 Å². The zero-order chi connectivity index (χ0) is 17.1. The molecule has 0 atom stereocenters. The standard InChI is InChI=1S/C20H16N4S/c25-20(21-14-8-2-1-3-9-14)24-16-11-5-4-10-15(16)19-22-17-12-6-7-13-18(17)23-19/h1-13H,(H,22,23)(H2,21,24,25). The van der Waals surface area contributed by atoms with E-state index in [4.69, 9.17) is 12.2 Å². The number of thiocarbonyl (C=S) groups is 1. The molecule has 1 heterocycles. The molecule has 4 rings (SSSR count). The van der Waals surface area contributed by atoms with E-state index in [1.807, 2.05) is 78.9 Å². The van der Waals surface area contributed by atoms with Crippen LogP contribution >= 0.6 is 12.2 Å². The predicted molar refractivity (Wildman–Crippen MR) is 108 cm³/mol. The molecule has 0 unspecified atom stereocenters. The van der Waals surface area contributed by atoms with Crippen molar-refractivity contribution in [1.29, 1.82) is 0 Å². The maximum absolute atomic E-state index is 5.44. The first-order valence-corrected chi connectivity index (χ1v) is 8.37. The fourth-order valence-electron chi connectivity index (χ4n) is 2.69. The molecule has 1 aromatic heterocycles. The van der Waals surface area contributed by atoms with Crippen molar-refractivity contribution in [2.75, 3.05) is 10.6 Å². The normalized spacial score (nSPS) is 10.6. The number of hydrogen-bond acceptors (Lipinski definition) is 2. The van der Waals surface area contributed by atoms with E-state index in [2.05, 4.69) is 20.6 Å². The molecule has 0 aliphatic carbocycles. The fourth-order valence-corrected chi connectivity index (χ4v) is 2.91. The molecule has 0 radical (unpaired) electrons. The summed E-state index contributed by atoms with van der Waals surface area (Å²) in [6.07, 6.45) is 0. The summed E-state index contributed by atoms with van der Waals surface area (Å²) in [5.74, 6) is 0.812. The number of imidazole rings is 1. The number of aromatic amines is 1. The first-order valence-electron chi connectivity index (χ1n) is 7.97. The van der Waals surface area contributed by atoms with Crippen molar-refractivity contribution in [2.24, 2.45) is 0 Å². The lowest BCUT2D eigenvalue weighted by molar-refractivity contribution is 1.34. The summed E-state index contributed by atoms with van der Waals surface area (Å²) in [7, 11) is 0. The van der Waals surface area contributed by atoms with E-state index in [0.29, 0.717) is 5.11 Å². The van der Waals surface area contributed by atoms with Crippen molar-refractivity contribution in [3.8, 4) is 11.4 Å². The molecule has 4 nitrogen and oxygen atoms in total. The number of fused-ring (bicyclic) bond motifs is 1. The van der Waals surface area contributed by atoms with E-state index in [0.717, 1.165) is 33.8 Å². The molecule has 0 aliphatic heterocycles. The van der Waals surface area contributed by atoms with E-state index >= 15 is 0 Å². The minimum atomic E-state index is 0.537. The van der Waals surface area contributed by atoms with Gasteiger partial charge in [-0.1, -0.05) is 42.5 Å². The van der Waals surface area contributed by atoms with E-state index in [1.165, 1.54) is 0 Å². The topological polar surface area (TPSA) is 52.7 Å². The number of anilines is 2. The number of aromatic nitrogens is 2. The number of nitrogens with one attached hydrogen (secondary N) is 3. The Bertz CT molecular complexity index is 991. The summed E-state index contributed by atoms with van der Waals surface area (Å²) < 4.78 is 0. The van der Waals surface area contributed by atoms with Gasteiger partial charge in [0.15, 0.2) is 5.11 Å². The molecular formula is C20H16N4S. The number of para-hydroxylation sites is 4. The van der Waals surface area contributed by atoms with Crippen molar-refractivity contribution in [3.63, 3.8) is 0 Å². The molecule has 0 bridgehead atoms. The van der Waals surface area contributed by atoms with Gasteiger partial charge in [0.05, 0.1) is 16.7 Å². The van der Waals surface area contributed by atoms with Crippen LogP contribution in [0.4, 0.5) is 11.4 Å². The molecule has 0 saturated carbocycles. The van der Waals surface area contributed by atoms with E-state index < -0.39 is 0 Å². The fraction of sp³-hybridized carbons (Fsp3) is 0. The molecule has 25 heavy (non-hydrogen) atoms. The highest BCUT2D eigenvalue weighted by Crippen LogP contribution is 2.27. The van der Waals surface area contributed by atoms with Gasteiger partial charge < -0.3 is 15.6 Å². The third-order valence-corrected chi connectivity index (χ3v) is 4.06. The lowest BCUT2D eigenvalue weighted by Gasteiger charge is -2.13. The lowest BCUT2D eigenvalue weighted by Crippen LogP contribution is -2.19. The molecular weight excluding hydrogens is 328 g/mol. The molecule has 0 spiro atoms. The maximum atomic E-state index is 5.44. The van der Waals surface area contributed by atoms with Crippen molar-refractivity contribution in [2.45, 2.75) is 0 Å². The van der Waals surface area contributed by atoms with Gasteiger partial charge >= 0.3 is 0 Å². The van der Waals surface area contributed by atoms with Crippen LogP contribution < -0.4 is 10.6 Å². The van der Waals surface area contributed by atoms with Crippen LogP contribution in [0.2, 0.25) is 0 Å². The minimum Gasteiger partial charge on any atom is -0.338 e. The van der Waals surface area contributed by atoms with Crippen LogP contribution in [0.25, 0.3) is 22.4 Å². The van der Waals surface area contributed by atoms with Crippen molar-refractivity contribution >= 4 is 39.7 Å². The van der Waals surface area contributed by atoms with E-state index in [-0.39, 0.29) is 0 Å². The summed E-state index contributed by atoms with van der Waals surface area (Å²) in [6.45, 7) is 0. The third-order valence-electron chi connectivity index (χ3n) is 3.85. The second-order valence-corrected chi connectivity index (χ2v) is 6.00. The van der Waals surface area contributed by atoms with Crippen molar-refractivity contribution in [1.82, 2.24) is 9.97 Å². The Hall–Kier alpha value is -3.18. The Labute approximate surface area is 150 Å². The Kier molecular flexibility index (Phi) is 4.14. The summed E-state index contributed by atoms with van der Waals surface area (Å²) >= 11 is 5.44. The van der Waals surface area contributed by atoms with Gasteiger partial charge in [0.25, 0.3) is 0 Å². The Balaban J connectivity index is 1.61. The Morgan fingerprint density at radius 1 is 0.800 bits per heavy atom. The number of hydrogen-bond donors (Lipinski definition) is 3. The van der Waals surface area contributed by atoms with Gasteiger partial charge in [0.1, 0.15) is 5.82 Å². The second kappa shape index (κ2) is 6.75. The van der Waals surface area contributed by atoms with Crippen LogP contribution in [0.5, 0.6) is 0 Å². The molecule has 0 fully saturated rings. The third kappa shape index (κ3) is 3.36. The number of benzene rings is 3. The molecule has 4 aromatic rings. The minimum absolute atomic E-state index is 0.537. The zero-order valence-corrected chi connectivity index (χ0v) is 14.2. The molecule has 3 aromatic carbocycles. The Morgan fingerprint density at radius 3 is 2.36 bits per heavy atom. The van der Waals surface area contributed by atoms with Gasteiger partial charge in [-0.3, -0.25) is 0 Å². The number of H-pyrrole nitrogens is 1. The molecule has 5 heteroatoms. The summed E-state index contributed by atoms with van der Waals surface area (Å²) in [5.41, 5.74) is 4.77. The predicted octanol–water partition coefficient (Wildman–Crippen LogP) is 5.04. The largest absolute Gasteiger partial charge is 0.338 e. The van der Waals surface area contributed by atoms with Gasteiger partial charge in [-0.15, -0.1) is 0 Å². The van der Waals surface area contributed by atoms with Crippen molar-refractivity contribution < 1.29 is 0 Å². The summed E-state index contributed by atoms with van der Waals surface area (Å²) in [4.78, 5) is 8.04. The van der Waals surface area contributed by atoms with E-state index in [9.17, 15) is 0 Å². The molecule has 122 valence electrons. The first-order chi connectivity index (χ1) is 12.3. The smallest absolute Gasteiger partial charge is 0.175 e. The van der Waals surface area contributed by atoms with Gasteiger partial charge in [-0.25, -0.2) is 4.98 Å². The van der Waals surface area contributed by atoms with Crippen LogP contribution in [0.15, 0.2) is 78.9 Å². The molecule has 0 amide bonds. The van der Waals surface area contributed by atoms with Crippen LogP contribution in [0.1, 0.15) is 0 Å². The summed E-state index contributed by atoms with van der Waals surface area (Å²) in [5, 5.41) is 6.98. The quantitative estimate of drug-likeness (QED) is 0.456.